The van der Waals surface area contributed by atoms with Gasteiger partial charge in [0, 0.05) is 12.0 Å². The van der Waals surface area contributed by atoms with Crippen molar-refractivity contribution < 1.29 is 4.79 Å². The second kappa shape index (κ2) is 3.69. The Morgan fingerprint density at radius 3 is 3.00 bits per heavy atom. The molecule has 0 aromatic carbocycles. The lowest BCUT2D eigenvalue weighted by Crippen LogP contribution is -2.44. The lowest BCUT2D eigenvalue weighted by Gasteiger charge is -2.26. The Balaban J connectivity index is 2.39. The molecule has 4 nitrogen and oxygen atoms in total. The quantitative estimate of drug-likeness (QED) is 0.269. The van der Waals surface area contributed by atoms with Gasteiger partial charge in [-0.3, -0.25) is 10.2 Å². The number of hydrogen-bond acceptors (Lipinski definition) is 3. The minimum Gasteiger partial charge on any atom is -0.314 e. The van der Waals surface area contributed by atoms with Gasteiger partial charge >= 0.3 is 0 Å². The van der Waals surface area contributed by atoms with Gasteiger partial charge < -0.3 is 5.32 Å². The maximum Gasteiger partial charge on any atom is 0.237 e. The van der Waals surface area contributed by atoms with Gasteiger partial charge in [0.2, 0.25) is 5.91 Å². The molecule has 1 aliphatic heterocycles. The van der Waals surface area contributed by atoms with Gasteiger partial charge in [-0.05, 0) is 26.3 Å². The van der Waals surface area contributed by atoms with Crippen LogP contribution in [0.15, 0.2) is 0 Å². The fraction of sp³-hybridized carbons (Fsp3) is 0.857. The van der Waals surface area contributed by atoms with E-state index in [2.05, 4.69) is 17.7 Å². The molecule has 11 heavy (non-hydrogen) atoms. The first-order valence-corrected chi connectivity index (χ1v) is 3.98. The third-order valence-corrected chi connectivity index (χ3v) is 2.14. The van der Waals surface area contributed by atoms with Crippen LogP contribution in [0.25, 0.3) is 0 Å². The molecule has 1 rings (SSSR count). The van der Waals surface area contributed by atoms with Crippen molar-refractivity contribution in [3.8, 4) is 0 Å². The highest BCUT2D eigenvalue weighted by molar-refractivity contribution is 5.78. The summed E-state index contributed by atoms with van der Waals surface area (Å²) in [6, 6.07) is 0.436. The van der Waals surface area contributed by atoms with E-state index in [9.17, 15) is 4.79 Å². The molecule has 1 amide bonds. The Morgan fingerprint density at radius 1 is 1.73 bits per heavy atom. The van der Waals surface area contributed by atoms with E-state index in [0.717, 1.165) is 19.4 Å². The van der Waals surface area contributed by atoms with Crippen LogP contribution in [0, 0.1) is 5.92 Å². The second-order valence-corrected chi connectivity index (χ2v) is 3.09. The van der Waals surface area contributed by atoms with Gasteiger partial charge in [-0.15, -0.1) is 0 Å². The van der Waals surface area contributed by atoms with E-state index in [4.69, 9.17) is 5.84 Å². The van der Waals surface area contributed by atoms with Crippen molar-refractivity contribution in [2.24, 2.45) is 11.8 Å². The van der Waals surface area contributed by atoms with Gasteiger partial charge in [-0.1, -0.05) is 0 Å². The van der Waals surface area contributed by atoms with Crippen LogP contribution < -0.4 is 16.6 Å². The van der Waals surface area contributed by atoms with Crippen LogP contribution in [0.4, 0.5) is 0 Å². The molecule has 1 aliphatic rings. The maximum atomic E-state index is 11.0. The molecule has 2 unspecified atom stereocenters. The number of carbonyl (C=O) groups is 1. The molecule has 0 aromatic heterocycles. The van der Waals surface area contributed by atoms with Crippen LogP contribution >= 0.6 is 0 Å². The monoisotopic (exact) mass is 157 g/mol. The molecule has 0 aromatic rings. The Kier molecular flexibility index (Phi) is 2.84. The zero-order chi connectivity index (χ0) is 8.27. The van der Waals surface area contributed by atoms with Gasteiger partial charge in [-0.25, -0.2) is 5.84 Å². The van der Waals surface area contributed by atoms with Crippen LogP contribution in [-0.2, 0) is 4.79 Å². The first-order chi connectivity index (χ1) is 5.24. The lowest BCUT2D eigenvalue weighted by atomic mass is 9.93. The summed E-state index contributed by atoms with van der Waals surface area (Å²) in [4.78, 5) is 11.0. The molecule has 1 saturated heterocycles. The standard InChI is InChI=1S/C7H15N3O/c1-5-4-6(2-3-9-5)7(11)10-8/h5-6,9H,2-4,8H2,1H3,(H,10,11). The fourth-order valence-corrected chi connectivity index (χ4v) is 1.49. The zero-order valence-corrected chi connectivity index (χ0v) is 6.76. The summed E-state index contributed by atoms with van der Waals surface area (Å²) in [7, 11) is 0. The van der Waals surface area contributed by atoms with E-state index in [1.165, 1.54) is 0 Å². The minimum atomic E-state index is -0.0293. The molecule has 64 valence electrons. The van der Waals surface area contributed by atoms with Crippen LogP contribution in [0.3, 0.4) is 0 Å². The summed E-state index contributed by atoms with van der Waals surface area (Å²) >= 11 is 0. The Labute approximate surface area is 66.5 Å². The van der Waals surface area contributed by atoms with Crippen molar-refractivity contribution >= 4 is 5.91 Å². The Hall–Kier alpha value is -0.610. The van der Waals surface area contributed by atoms with Gasteiger partial charge in [0.05, 0.1) is 0 Å². The van der Waals surface area contributed by atoms with Crippen molar-refractivity contribution in [2.45, 2.75) is 25.8 Å². The summed E-state index contributed by atoms with van der Waals surface area (Å²) in [5.74, 6) is 5.11. The van der Waals surface area contributed by atoms with E-state index in [1.807, 2.05) is 0 Å². The predicted molar refractivity (Wildman–Crippen MR) is 42.5 cm³/mol. The van der Waals surface area contributed by atoms with Gasteiger partial charge in [-0.2, -0.15) is 0 Å². The SMILES string of the molecule is CC1CC(C(=O)NN)CCN1. The molecule has 0 spiro atoms. The summed E-state index contributed by atoms with van der Waals surface area (Å²) in [6.07, 6.45) is 1.79. The highest BCUT2D eigenvalue weighted by Crippen LogP contribution is 2.15. The van der Waals surface area contributed by atoms with Crippen LogP contribution in [-0.4, -0.2) is 18.5 Å². The minimum absolute atomic E-state index is 0.0293. The number of amides is 1. The molecule has 4 N–H and O–H groups in total. The highest BCUT2D eigenvalue weighted by Gasteiger charge is 2.23. The molecule has 0 saturated carbocycles. The van der Waals surface area contributed by atoms with Crippen molar-refractivity contribution in [2.75, 3.05) is 6.54 Å². The largest absolute Gasteiger partial charge is 0.314 e. The Bertz CT molecular complexity index is 149. The number of nitrogens with two attached hydrogens (primary N) is 1. The smallest absolute Gasteiger partial charge is 0.237 e. The van der Waals surface area contributed by atoms with E-state index in [0.29, 0.717) is 6.04 Å². The molecular formula is C7H15N3O. The maximum absolute atomic E-state index is 11.0. The zero-order valence-electron chi connectivity index (χ0n) is 6.76. The lowest BCUT2D eigenvalue weighted by molar-refractivity contribution is -0.126. The number of hydrogen-bond donors (Lipinski definition) is 3. The van der Waals surface area contributed by atoms with Crippen LogP contribution in [0.2, 0.25) is 0 Å². The van der Waals surface area contributed by atoms with E-state index in [1.54, 1.807) is 0 Å². The van der Waals surface area contributed by atoms with Gasteiger partial charge in [0.15, 0.2) is 0 Å². The molecule has 0 radical (unpaired) electrons. The van der Waals surface area contributed by atoms with Crippen molar-refractivity contribution in [1.82, 2.24) is 10.7 Å². The second-order valence-electron chi connectivity index (χ2n) is 3.09. The van der Waals surface area contributed by atoms with Crippen molar-refractivity contribution in [3.63, 3.8) is 0 Å². The molecule has 0 bridgehead atoms. The topological polar surface area (TPSA) is 67.2 Å². The normalized spacial score (nSPS) is 31.5. The fourth-order valence-electron chi connectivity index (χ4n) is 1.49. The molecule has 2 atom stereocenters. The van der Waals surface area contributed by atoms with Gasteiger partial charge in [0.25, 0.3) is 0 Å². The van der Waals surface area contributed by atoms with Gasteiger partial charge in [0.1, 0.15) is 0 Å². The number of rotatable bonds is 1. The summed E-state index contributed by atoms with van der Waals surface area (Å²) in [5, 5.41) is 3.27. The summed E-state index contributed by atoms with van der Waals surface area (Å²) in [6.45, 7) is 3.00. The number of carbonyl (C=O) groups excluding carboxylic acids is 1. The van der Waals surface area contributed by atoms with Crippen LogP contribution in [0.5, 0.6) is 0 Å². The Morgan fingerprint density at radius 2 is 2.45 bits per heavy atom. The highest BCUT2D eigenvalue weighted by atomic mass is 16.2. The summed E-state index contributed by atoms with van der Waals surface area (Å²) < 4.78 is 0. The first kappa shape index (κ1) is 8.49. The third kappa shape index (κ3) is 2.17. The number of nitrogens with one attached hydrogen (secondary N) is 2. The van der Waals surface area contributed by atoms with Crippen LogP contribution in [0.1, 0.15) is 19.8 Å². The number of piperidine rings is 1. The number of hydrazine groups is 1. The molecule has 0 aliphatic carbocycles. The summed E-state index contributed by atoms with van der Waals surface area (Å²) in [5.41, 5.74) is 2.19. The van der Waals surface area contributed by atoms with E-state index >= 15 is 0 Å². The van der Waals surface area contributed by atoms with Crippen molar-refractivity contribution in [1.29, 1.82) is 0 Å². The van der Waals surface area contributed by atoms with E-state index < -0.39 is 0 Å². The van der Waals surface area contributed by atoms with Crippen molar-refractivity contribution in [3.05, 3.63) is 0 Å². The third-order valence-electron chi connectivity index (χ3n) is 2.14. The average molecular weight is 157 g/mol. The molecule has 1 heterocycles. The predicted octanol–water partition coefficient (Wildman–Crippen LogP) is -0.636. The average Bonchev–Trinajstić information content (AvgIpc) is 2.03. The molecular weight excluding hydrogens is 142 g/mol. The first-order valence-electron chi connectivity index (χ1n) is 3.98. The molecule has 4 heteroatoms. The molecule has 1 fully saturated rings. The van der Waals surface area contributed by atoms with E-state index in [-0.39, 0.29) is 11.8 Å².